The Morgan fingerprint density at radius 2 is 1.81 bits per heavy atom. The smallest absolute Gasteiger partial charge is 0.261 e. The molecule has 37 heavy (non-hydrogen) atoms. The molecule has 1 atom stereocenters. The number of ether oxygens (including phenoxy) is 1. The quantitative estimate of drug-likeness (QED) is 0.408. The van der Waals surface area contributed by atoms with Crippen LogP contribution in [0.3, 0.4) is 0 Å². The van der Waals surface area contributed by atoms with E-state index in [1.807, 2.05) is 35.7 Å². The first kappa shape index (κ1) is 26.7. The lowest BCUT2D eigenvalue weighted by molar-refractivity contribution is -0.142. The van der Waals surface area contributed by atoms with E-state index >= 15 is 0 Å². The van der Waals surface area contributed by atoms with Crippen LogP contribution < -0.4 is 4.74 Å². The summed E-state index contributed by atoms with van der Waals surface area (Å²) in [6, 6.07) is 12.3. The second kappa shape index (κ2) is 11.8. The molecular weight excluding hydrogens is 498 g/mol. The van der Waals surface area contributed by atoms with Gasteiger partial charge < -0.3 is 14.5 Å². The predicted octanol–water partition coefficient (Wildman–Crippen LogP) is 5.07. The molecular formula is C27H30F2N4O3S. The average Bonchev–Trinajstić information content (AvgIpc) is 3.27. The fourth-order valence-corrected chi connectivity index (χ4v) is 5.07. The first-order valence-electron chi connectivity index (χ1n) is 12.2. The molecule has 1 aliphatic rings. The molecule has 1 fully saturated rings. The summed E-state index contributed by atoms with van der Waals surface area (Å²) in [6.07, 6.45) is 2.92. The molecule has 0 aliphatic carbocycles. The van der Waals surface area contributed by atoms with E-state index in [9.17, 15) is 18.4 Å². The Morgan fingerprint density at radius 3 is 2.51 bits per heavy atom. The van der Waals surface area contributed by atoms with Crippen LogP contribution in [0, 0.1) is 5.92 Å². The molecule has 0 spiro atoms. The van der Waals surface area contributed by atoms with Crippen LogP contribution in [-0.2, 0) is 9.59 Å². The molecule has 0 N–H and O–H groups in total. The number of para-hydroxylation sites is 1. The third-order valence-corrected chi connectivity index (χ3v) is 7.40. The fourth-order valence-electron chi connectivity index (χ4n) is 4.09. The standard InChI is InChI=1S/C27H30F2N4O3S/c1-19(2)27(28,29)16-24(34)32-13-10-23(26-31-22(18-37-26)20-8-11-30-12-9-20)33(15-14-32)25(35)17-36-21-6-4-3-5-7-21/h3-9,11-12,18-19,23H,10,13-17H2,1-2H3. The summed E-state index contributed by atoms with van der Waals surface area (Å²) >= 11 is 1.43. The van der Waals surface area contributed by atoms with Gasteiger partial charge in [-0.25, -0.2) is 13.8 Å². The summed E-state index contributed by atoms with van der Waals surface area (Å²) in [7, 11) is 0. The molecule has 0 bridgehead atoms. The Bertz CT molecular complexity index is 1190. The molecule has 7 nitrogen and oxygen atoms in total. The summed E-state index contributed by atoms with van der Waals surface area (Å²) < 4.78 is 34.3. The Kier molecular flexibility index (Phi) is 8.48. The van der Waals surface area contributed by atoms with Gasteiger partial charge in [0.15, 0.2) is 6.61 Å². The van der Waals surface area contributed by atoms with Crippen molar-refractivity contribution < 1.29 is 23.1 Å². The van der Waals surface area contributed by atoms with Gasteiger partial charge in [0.25, 0.3) is 11.8 Å². The number of hydrogen-bond donors (Lipinski definition) is 0. The number of benzene rings is 1. The van der Waals surface area contributed by atoms with Crippen molar-refractivity contribution in [1.29, 1.82) is 0 Å². The van der Waals surface area contributed by atoms with Crippen molar-refractivity contribution in [3.8, 4) is 17.0 Å². The lowest BCUT2D eigenvalue weighted by atomic mass is 10.0. The zero-order chi connectivity index (χ0) is 26.4. The van der Waals surface area contributed by atoms with Crippen LogP contribution in [0.5, 0.6) is 5.75 Å². The van der Waals surface area contributed by atoms with Gasteiger partial charge >= 0.3 is 0 Å². The summed E-state index contributed by atoms with van der Waals surface area (Å²) in [6.45, 7) is 3.26. The first-order valence-corrected chi connectivity index (χ1v) is 13.1. The van der Waals surface area contributed by atoms with Crippen molar-refractivity contribution in [2.75, 3.05) is 26.2 Å². The van der Waals surface area contributed by atoms with Gasteiger partial charge in [-0.2, -0.15) is 0 Å². The van der Waals surface area contributed by atoms with Gasteiger partial charge in [0.2, 0.25) is 5.91 Å². The molecule has 196 valence electrons. The van der Waals surface area contributed by atoms with Crippen LogP contribution in [0.1, 0.15) is 37.7 Å². The number of thiazole rings is 1. The maximum Gasteiger partial charge on any atom is 0.261 e. The van der Waals surface area contributed by atoms with Gasteiger partial charge in [0, 0.05) is 48.9 Å². The van der Waals surface area contributed by atoms with Gasteiger partial charge in [-0.3, -0.25) is 14.6 Å². The first-order chi connectivity index (χ1) is 17.7. The molecule has 0 radical (unpaired) electrons. The number of alkyl halides is 2. The average molecular weight is 529 g/mol. The summed E-state index contributed by atoms with van der Waals surface area (Å²) in [5.41, 5.74) is 1.67. The van der Waals surface area contributed by atoms with Crippen molar-refractivity contribution in [3.63, 3.8) is 0 Å². The third-order valence-electron chi connectivity index (χ3n) is 6.45. The summed E-state index contributed by atoms with van der Waals surface area (Å²) in [5.74, 6) is -4.31. The second-order valence-electron chi connectivity index (χ2n) is 9.27. The van der Waals surface area contributed by atoms with Gasteiger partial charge in [-0.1, -0.05) is 32.0 Å². The van der Waals surface area contributed by atoms with Gasteiger partial charge in [-0.05, 0) is 30.7 Å². The molecule has 2 aromatic heterocycles. The highest BCUT2D eigenvalue weighted by atomic mass is 32.1. The topological polar surface area (TPSA) is 75.6 Å². The largest absolute Gasteiger partial charge is 0.484 e. The highest BCUT2D eigenvalue weighted by molar-refractivity contribution is 7.10. The number of pyridine rings is 1. The maximum atomic E-state index is 14.3. The minimum atomic E-state index is -3.09. The third kappa shape index (κ3) is 6.68. The van der Waals surface area contributed by atoms with E-state index in [1.165, 1.54) is 30.1 Å². The Morgan fingerprint density at radius 1 is 1.08 bits per heavy atom. The molecule has 0 saturated carbocycles. The molecule has 3 aromatic rings. The minimum Gasteiger partial charge on any atom is -0.484 e. The molecule has 1 aromatic carbocycles. The highest BCUT2D eigenvalue weighted by Crippen LogP contribution is 2.34. The van der Waals surface area contributed by atoms with E-state index in [2.05, 4.69) is 4.98 Å². The Balaban J connectivity index is 1.54. The highest BCUT2D eigenvalue weighted by Gasteiger charge is 2.39. The van der Waals surface area contributed by atoms with Crippen molar-refractivity contribution in [2.24, 2.45) is 5.92 Å². The van der Waals surface area contributed by atoms with Gasteiger partial charge in [0.05, 0.1) is 18.2 Å². The van der Waals surface area contributed by atoms with Crippen LogP contribution in [0.4, 0.5) is 8.78 Å². The number of rotatable bonds is 8. The van der Waals surface area contributed by atoms with Crippen molar-refractivity contribution >= 4 is 23.2 Å². The van der Waals surface area contributed by atoms with Crippen LogP contribution >= 0.6 is 11.3 Å². The van der Waals surface area contributed by atoms with Crippen LogP contribution in [0.2, 0.25) is 0 Å². The Labute approximate surface area is 219 Å². The van der Waals surface area contributed by atoms with Gasteiger partial charge in [0.1, 0.15) is 10.8 Å². The van der Waals surface area contributed by atoms with E-state index < -0.39 is 30.2 Å². The summed E-state index contributed by atoms with van der Waals surface area (Å²) in [4.78, 5) is 38.0. The molecule has 1 aliphatic heterocycles. The molecule has 1 unspecified atom stereocenters. The zero-order valence-corrected chi connectivity index (χ0v) is 21.7. The molecule has 2 amide bonds. The second-order valence-corrected chi connectivity index (χ2v) is 10.2. The van der Waals surface area contributed by atoms with E-state index in [0.29, 0.717) is 12.2 Å². The lowest BCUT2D eigenvalue weighted by Gasteiger charge is -2.28. The number of amides is 2. The van der Waals surface area contributed by atoms with Crippen LogP contribution in [-0.4, -0.2) is 63.7 Å². The Hall–Kier alpha value is -3.40. The van der Waals surface area contributed by atoms with Crippen LogP contribution in [0.25, 0.3) is 11.3 Å². The van der Waals surface area contributed by atoms with E-state index in [0.717, 1.165) is 16.3 Å². The molecule has 10 heteroatoms. The van der Waals surface area contributed by atoms with Crippen molar-refractivity contribution in [2.45, 2.75) is 38.7 Å². The number of halogens is 2. The minimum absolute atomic E-state index is 0.170. The van der Waals surface area contributed by atoms with Crippen LogP contribution in [0.15, 0.2) is 60.2 Å². The number of aromatic nitrogens is 2. The molecule has 3 heterocycles. The monoisotopic (exact) mass is 528 g/mol. The SMILES string of the molecule is CC(C)C(F)(F)CC(=O)N1CCC(c2nc(-c3ccncc3)cs2)N(C(=O)COc2ccccc2)CC1. The zero-order valence-electron chi connectivity index (χ0n) is 20.8. The number of carbonyl (C=O) groups excluding carboxylic acids is 2. The maximum absolute atomic E-state index is 14.3. The van der Waals surface area contributed by atoms with E-state index in [4.69, 9.17) is 9.72 Å². The summed E-state index contributed by atoms with van der Waals surface area (Å²) in [5, 5.41) is 2.65. The molecule has 4 rings (SSSR count). The van der Waals surface area contributed by atoms with E-state index in [1.54, 1.807) is 29.4 Å². The number of hydrogen-bond acceptors (Lipinski definition) is 6. The number of carbonyl (C=O) groups is 2. The molecule has 1 saturated heterocycles. The van der Waals surface area contributed by atoms with E-state index in [-0.39, 0.29) is 32.1 Å². The van der Waals surface area contributed by atoms with Crippen molar-refractivity contribution in [3.05, 3.63) is 65.2 Å². The normalized spacial score (nSPS) is 16.5. The van der Waals surface area contributed by atoms with Crippen molar-refractivity contribution in [1.82, 2.24) is 19.8 Å². The fraction of sp³-hybridized carbons (Fsp3) is 0.407. The van der Waals surface area contributed by atoms with Gasteiger partial charge in [-0.15, -0.1) is 11.3 Å². The number of nitrogens with zero attached hydrogens (tertiary/aromatic N) is 4. The predicted molar refractivity (Wildman–Crippen MR) is 137 cm³/mol. The lowest BCUT2D eigenvalue weighted by Crippen LogP contribution is -2.41.